The van der Waals surface area contributed by atoms with E-state index >= 15 is 0 Å². The van der Waals surface area contributed by atoms with Gasteiger partial charge < -0.3 is 4.74 Å². The number of hydrogen-bond acceptors (Lipinski definition) is 2. The lowest BCUT2D eigenvalue weighted by Crippen LogP contribution is -2.25. The molecule has 0 saturated heterocycles. The van der Waals surface area contributed by atoms with Gasteiger partial charge in [0.2, 0.25) is 0 Å². The highest BCUT2D eigenvalue weighted by atomic mass is 19.4. The first kappa shape index (κ1) is 18.5. The van der Waals surface area contributed by atoms with E-state index in [-0.39, 0.29) is 11.8 Å². The summed E-state index contributed by atoms with van der Waals surface area (Å²) in [6, 6.07) is 5.51. The molecule has 0 aliphatic rings. The second-order valence-corrected chi connectivity index (χ2v) is 5.99. The van der Waals surface area contributed by atoms with E-state index in [0.717, 1.165) is 11.1 Å². The van der Waals surface area contributed by atoms with E-state index < -0.39 is 24.5 Å². The smallest absolute Gasteiger partial charge is 0.392 e. The first-order valence-corrected chi connectivity index (χ1v) is 7.27. The van der Waals surface area contributed by atoms with Gasteiger partial charge in [0.1, 0.15) is 5.75 Å². The molecule has 0 fully saturated rings. The minimum atomic E-state index is -4.50. The molecule has 0 heterocycles. The Bertz CT molecular complexity index is 493. The van der Waals surface area contributed by atoms with Crippen molar-refractivity contribution < 1.29 is 22.7 Å². The average molecular weight is 315 g/mol. The zero-order chi connectivity index (χ0) is 17.1. The molecule has 123 valence electrons. The Hall–Kier alpha value is -1.52. The molecule has 0 spiro atoms. The molecule has 1 radical (unpaired) electrons. The van der Waals surface area contributed by atoms with Gasteiger partial charge in [0.15, 0.2) is 0 Å². The van der Waals surface area contributed by atoms with E-state index in [1.54, 1.807) is 0 Å². The third kappa shape index (κ3) is 4.75. The molecule has 0 aliphatic carbocycles. The summed E-state index contributed by atoms with van der Waals surface area (Å²) < 4.78 is 42.8. The molecule has 0 unspecified atom stereocenters. The summed E-state index contributed by atoms with van der Waals surface area (Å²) in [6.07, 6.45) is -5.29. The zero-order valence-electron chi connectivity index (χ0n) is 13.3. The highest BCUT2D eigenvalue weighted by Gasteiger charge is 2.38. The molecule has 1 aromatic carbocycles. The Balaban J connectivity index is 3.03. The minimum Gasteiger partial charge on any atom is -0.426 e. The van der Waals surface area contributed by atoms with E-state index in [1.165, 1.54) is 0 Å². The number of carbonyl (C=O) groups excluding carboxylic acids is 1. The summed E-state index contributed by atoms with van der Waals surface area (Å²) in [4.78, 5) is 11.9. The topological polar surface area (TPSA) is 26.3 Å². The van der Waals surface area contributed by atoms with Crippen molar-refractivity contribution in [1.82, 2.24) is 0 Å². The normalized spacial score (nSPS) is 13.5. The van der Waals surface area contributed by atoms with Gasteiger partial charge in [0.25, 0.3) is 0 Å². The first-order valence-electron chi connectivity index (χ1n) is 7.27. The predicted octanol–water partition coefficient (Wildman–Crippen LogP) is 5.24. The maximum atomic E-state index is 12.5. The fourth-order valence-electron chi connectivity index (χ4n) is 2.07. The number of halogens is 3. The van der Waals surface area contributed by atoms with Crippen LogP contribution in [0.5, 0.6) is 5.75 Å². The SMILES string of the molecule is [CH2][C@H](CC(=O)Oc1c(C(C)C)cccc1C(C)C)C(F)(F)F. The lowest BCUT2D eigenvalue weighted by atomic mass is 9.94. The number of alkyl halides is 3. The number of hydrogen-bond donors (Lipinski definition) is 0. The molecular formula is C17H22F3O2. The van der Waals surface area contributed by atoms with Gasteiger partial charge >= 0.3 is 12.1 Å². The summed E-state index contributed by atoms with van der Waals surface area (Å²) in [6.45, 7) is 10.7. The summed E-state index contributed by atoms with van der Waals surface area (Å²) in [5.41, 5.74) is 1.62. The van der Waals surface area contributed by atoms with Crippen molar-refractivity contribution in [3.63, 3.8) is 0 Å². The molecule has 0 aliphatic heterocycles. The highest BCUT2D eigenvalue weighted by molar-refractivity contribution is 5.74. The summed E-state index contributed by atoms with van der Waals surface area (Å²) in [5, 5.41) is 0. The van der Waals surface area contributed by atoms with Crippen LogP contribution in [0.2, 0.25) is 0 Å². The number of esters is 1. The molecular weight excluding hydrogens is 293 g/mol. The van der Waals surface area contributed by atoms with Gasteiger partial charge in [0, 0.05) is 0 Å². The van der Waals surface area contributed by atoms with Crippen molar-refractivity contribution in [3.8, 4) is 5.75 Å². The van der Waals surface area contributed by atoms with E-state index in [0.29, 0.717) is 5.75 Å². The standard InChI is InChI=1S/C17H22F3O2/c1-10(2)13-7-6-8-14(11(3)4)16(13)22-15(21)9-12(5)17(18,19)20/h6-8,10-12H,5,9H2,1-4H3/t12-/m1/s1. The third-order valence-corrected chi connectivity index (χ3v) is 3.41. The van der Waals surface area contributed by atoms with Crippen molar-refractivity contribution in [2.24, 2.45) is 5.92 Å². The fraction of sp³-hybridized carbons (Fsp3) is 0.529. The van der Waals surface area contributed by atoms with Crippen LogP contribution in [0.3, 0.4) is 0 Å². The van der Waals surface area contributed by atoms with Crippen LogP contribution in [0.25, 0.3) is 0 Å². The van der Waals surface area contributed by atoms with E-state index in [2.05, 4.69) is 6.92 Å². The quantitative estimate of drug-likeness (QED) is 0.548. The molecule has 5 heteroatoms. The van der Waals surface area contributed by atoms with Crippen LogP contribution in [0.4, 0.5) is 13.2 Å². The van der Waals surface area contributed by atoms with Gasteiger partial charge in [-0.1, -0.05) is 45.9 Å². The van der Waals surface area contributed by atoms with Gasteiger partial charge in [-0.3, -0.25) is 4.79 Å². The molecule has 1 atom stereocenters. The molecule has 1 rings (SSSR count). The Labute approximate surface area is 129 Å². The Morgan fingerprint density at radius 1 is 1.14 bits per heavy atom. The lowest BCUT2D eigenvalue weighted by molar-refractivity contribution is -0.171. The summed E-state index contributed by atoms with van der Waals surface area (Å²) in [5.74, 6) is -2.30. The lowest BCUT2D eigenvalue weighted by Gasteiger charge is -2.20. The average Bonchev–Trinajstić information content (AvgIpc) is 2.36. The Morgan fingerprint density at radius 2 is 1.59 bits per heavy atom. The largest absolute Gasteiger partial charge is 0.426 e. The molecule has 1 aromatic rings. The van der Waals surface area contributed by atoms with Crippen molar-refractivity contribution in [3.05, 3.63) is 36.2 Å². The Kier molecular flexibility index (Phi) is 6.03. The number of benzene rings is 1. The van der Waals surface area contributed by atoms with Crippen LogP contribution in [-0.4, -0.2) is 12.1 Å². The van der Waals surface area contributed by atoms with Gasteiger partial charge in [-0.05, 0) is 29.9 Å². The molecule has 0 N–H and O–H groups in total. The Morgan fingerprint density at radius 3 is 1.95 bits per heavy atom. The van der Waals surface area contributed by atoms with Gasteiger partial charge in [-0.25, -0.2) is 0 Å². The molecule has 2 nitrogen and oxygen atoms in total. The van der Waals surface area contributed by atoms with E-state index in [1.807, 2.05) is 45.9 Å². The van der Waals surface area contributed by atoms with Crippen LogP contribution in [0.1, 0.15) is 57.1 Å². The number of rotatable bonds is 5. The number of para-hydroxylation sites is 1. The third-order valence-electron chi connectivity index (χ3n) is 3.41. The zero-order valence-corrected chi connectivity index (χ0v) is 13.3. The molecule has 0 aromatic heterocycles. The monoisotopic (exact) mass is 315 g/mol. The first-order chi connectivity index (χ1) is 10.0. The second-order valence-electron chi connectivity index (χ2n) is 5.99. The molecule has 0 amide bonds. The van der Waals surface area contributed by atoms with E-state index in [9.17, 15) is 18.0 Å². The molecule has 0 saturated carbocycles. The van der Waals surface area contributed by atoms with Crippen molar-refractivity contribution in [2.45, 2.75) is 52.1 Å². The van der Waals surface area contributed by atoms with Crippen LogP contribution >= 0.6 is 0 Å². The fourth-order valence-corrected chi connectivity index (χ4v) is 2.07. The van der Waals surface area contributed by atoms with Crippen LogP contribution in [-0.2, 0) is 4.79 Å². The van der Waals surface area contributed by atoms with Gasteiger partial charge in [0.05, 0.1) is 12.3 Å². The van der Waals surface area contributed by atoms with Gasteiger partial charge in [-0.15, -0.1) is 0 Å². The summed E-state index contributed by atoms with van der Waals surface area (Å²) in [7, 11) is 0. The summed E-state index contributed by atoms with van der Waals surface area (Å²) >= 11 is 0. The molecule has 0 bridgehead atoms. The maximum Gasteiger partial charge on any atom is 0.392 e. The number of ether oxygens (including phenoxy) is 1. The van der Waals surface area contributed by atoms with Crippen LogP contribution < -0.4 is 4.74 Å². The molecule has 22 heavy (non-hydrogen) atoms. The second kappa shape index (κ2) is 7.16. The van der Waals surface area contributed by atoms with E-state index in [4.69, 9.17) is 4.74 Å². The highest BCUT2D eigenvalue weighted by Crippen LogP contribution is 2.35. The van der Waals surface area contributed by atoms with Crippen LogP contribution in [0, 0.1) is 12.8 Å². The predicted molar refractivity (Wildman–Crippen MR) is 79.8 cm³/mol. The maximum absolute atomic E-state index is 12.5. The van der Waals surface area contributed by atoms with Crippen molar-refractivity contribution in [1.29, 1.82) is 0 Å². The number of carbonyl (C=O) groups is 1. The van der Waals surface area contributed by atoms with Crippen LogP contribution in [0.15, 0.2) is 18.2 Å². The minimum absolute atomic E-state index is 0.0969. The van der Waals surface area contributed by atoms with Crippen molar-refractivity contribution >= 4 is 5.97 Å². The van der Waals surface area contributed by atoms with Crippen molar-refractivity contribution in [2.75, 3.05) is 0 Å². The van der Waals surface area contributed by atoms with Gasteiger partial charge in [-0.2, -0.15) is 13.2 Å².